The van der Waals surface area contributed by atoms with Gasteiger partial charge in [-0.2, -0.15) is 0 Å². The average Bonchev–Trinajstić information content (AvgIpc) is 2.37. The van der Waals surface area contributed by atoms with Crippen molar-refractivity contribution in [2.45, 2.75) is 12.5 Å². The Bertz CT molecular complexity index is 504. The minimum Gasteiger partial charge on any atom is -0.368 e. The van der Waals surface area contributed by atoms with E-state index < -0.39 is 17.8 Å². The van der Waals surface area contributed by atoms with Crippen LogP contribution in [0, 0.1) is 5.82 Å². The standard InChI is InChI=1S/C11H13BrFN5O/c12-8-6-7(2-3-9(8)13)10(11(14)19)16-4-1-5-17-18-15/h2-3,6,10,16H,1,4-5H2,(H2,14,19). The smallest absolute Gasteiger partial charge is 0.239 e. The SMILES string of the molecule is [N-]=[N+]=NCCCNC(C(N)=O)c1ccc(F)c(Br)c1. The Labute approximate surface area is 117 Å². The lowest BCUT2D eigenvalue weighted by molar-refractivity contribution is -0.120. The molecule has 1 unspecified atom stereocenters. The normalized spacial score (nSPS) is 11.7. The Balaban J connectivity index is 2.69. The van der Waals surface area contributed by atoms with Crippen LogP contribution in [0.5, 0.6) is 0 Å². The van der Waals surface area contributed by atoms with Crippen molar-refractivity contribution in [3.63, 3.8) is 0 Å². The number of primary amides is 1. The zero-order chi connectivity index (χ0) is 14.3. The number of hydrogen-bond donors (Lipinski definition) is 2. The van der Waals surface area contributed by atoms with Crippen molar-refractivity contribution in [2.24, 2.45) is 10.8 Å². The third-order valence-electron chi connectivity index (χ3n) is 2.41. The molecule has 8 heteroatoms. The van der Waals surface area contributed by atoms with Crippen LogP contribution in [-0.4, -0.2) is 19.0 Å². The van der Waals surface area contributed by atoms with E-state index in [1.165, 1.54) is 18.2 Å². The second-order valence-electron chi connectivity index (χ2n) is 3.77. The van der Waals surface area contributed by atoms with Crippen LogP contribution < -0.4 is 11.1 Å². The zero-order valence-electron chi connectivity index (χ0n) is 10.0. The quantitative estimate of drug-likeness (QED) is 0.347. The first-order valence-corrected chi connectivity index (χ1v) is 6.34. The van der Waals surface area contributed by atoms with Gasteiger partial charge in [0, 0.05) is 11.5 Å². The minimum absolute atomic E-state index is 0.270. The van der Waals surface area contributed by atoms with E-state index in [2.05, 4.69) is 31.3 Å². The average molecular weight is 330 g/mol. The number of nitrogens with zero attached hydrogens (tertiary/aromatic N) is 3. The largest absolute Gasteiger partial charge is 0.368 e. The van der Waals surface area contributed by atoms with Gasteiger partial charge in [0.15, 0.2) is 0 Å². The molecule has 1 aromatic rings. The summed E-state index contributed by atoms with van der Waals surface area (Å²) in [6, 6.07) is 3.56. The van der Waals surface area contributed by atoms with Gasteiger partial charge in [0.05, 0.1) is 4.47 Å². The van der Waals surface area contributed by atoms with Crippen molar-refractivity contribution in [1.82, 2.24) is 5.32 Å². The lowest BCUT2D eigenvalue weighted by Crippen LogP contribution is -2.34. The van der Waals surface area contributed by atoms with Crippen LogP contribution in [0.1, 0.15) is 18.0 Å². The van der Waals surface area contributed by atoms with Crippen LogP contribution in [0.15, 0.2) is 27.8 Å². The molecule has 6 nitrogen and oxygen atoms in total. The van der Waals surface area contributed by atoms with Gasteiger partial charge in [-0.3, -0.25) is 4.79 Å². The molecule has 0 fully saturated rings. The number of benzene rings is 1. The molecule has 0 radical (unpaired) electrons. The number of nitrogens with two attached hydrogens (primary N) is 1. The first kappa shape index (κ1) is 15.4. The van der Waals surface area contributed by atoms with Crippen molar-refractivity contribution in [1.29, 1.82) is 0 Å². The maximum absolute atomic E-state index is 13.1. The van der Waals surface area contributed by atoms with Gasteiger partial charge in [-0.1, -0.05) is 11.2 Å². The third kappa shape index (κ3) is 4.86. The fourth-order valence-corrected chi connectivity index (χ4v) is 1.91. The molecule has 102 valence electrons. The first-order chi connectivity index (χ1) is 9.06. The van der Waals surface area contributed by atoms with Gasteiger partial charge in [-0.25, -0.2) is 4.39 Å². The molecular weight excluding hydrogens is 317 g/mol. The molecule has 1 amide bonds. The fraction of sp³-hybridized carbons (Fsp3) is 0.364. The number of carbonyl (C=O) groups is 1. The van der Waals surface area contributed by atoms with E-state index in [1.807, 2.05) is 0 Å². The van der Waals surface area contributed by atoms with E-state index in [1.54, 1.807) is 0 Å². The molecule has 19 heavy (non-hydrogen) atoms. The Morgan fingerprint density at radius 2 is 2.37 bits per heavy atom. The number of hydrogen-bond acceptors (Lipinski definition) is 3. The Morgan fingerprint density at radius 1 is 1.63 bits per heavy atom. The molecule has 0 bridgehead atoms. The van der Waals surface area contributed by atoms with Crippen LogP contribution >= 0.6 is 15.9 Å². The van der Waals surface area contributed by atoms with E-state index >= 15 is 0 Å². The maximum Gasteiger partial charge on any atom is 0.239 e. The molecular formula is C11H13BrFN5O. The topological polar surface area (TPSA) is 104 Å². The predicted molar refractivity (Wildman–Crippen MR) is 72.7 cm³/mol. The summed E-state index contributed by atoms with van der Waals surface area (Å²) in [6.45, 7) is 0.795. The fourth-order valence-electron chi connectivity index (χ4n) is 1.52. The monoisotopic (exact) mass is 329 g/mol. The highest BCUT2D eigenvalue weighted by Gasteiger charge is 2.17. The van der Waals surface area contributed by atoms with Gasteiger partial charge in [0.25, 0.3) is 0 Å². The lowest BCUT2D eigenvalue weighted by atomic mass is 10.1. The summed E-state index contributed by atoms with van der Waals surface area (Å²) in [5.74, 6) is -0.961. The molecule has 0 aliphatic heterocycles. The second kappa shape index (κ2) is 7.73. The Hall–Kier alpha value is -1.63. The second-order valence-corrected chi connectivity index (χ2v) is 4.63. The highest BCUT2D eigenvalue weighted by Crippen LogP contribution is 2.21. The Kier molecular flexibility index (Phi) is 6.27. The van der Waals surface area contributed by atoms with Crippen molar-refractivity contribution >= 4 is 21.8 Å². The van der Waals surface area contributed by atoms with E-state index in [-0.39, 0.29) is 4.47 Å². The number of azide groups is 1. The molecule has 3 N–H and O–H groups in total. The van der Waals surface area contributed by atoms with Crippen molar-refractivity contribution in [2.75, 3.05) is 13.1 Å². The molecule has 0 aromatic heterocycles. The number of carbonyl (C=O) groups excluding carboxylic acids is 1. The van der Waals surface area contributed by atoms with Crippen LogP contribution in [0.25, 0.3) is 10.4 Å². The molecule has 1 atom stereocenters. The van der Waals surface area contributed by atoms with Crippen LogP contribution in [0.2, 0.25) is 0 Å². The molecule has 0 spiro atoms. The van der Waals surface area contributed by atoms with Gasteiger partial charge >= 0.3 is 0 Å². The van der Waals surface area contributed by atoms with E-state index in [9.17, 15) is 9.18 Å². The van der Waals surface area contributed by atoms with Gasteiger partial charge in [-0.15, -0.1) is 0 Å². The molecule has 1 rings (SSSR count). The summed E-state index contributed by atoms with van der Waals surface area (Å²) in [4.78, 5) is 14.0. The van der Waals surface area contributed by atoms with Crippen molar-refractivity contribution in [3.05, 3.63) is 44.5 Å². The van der Waals surface area contributed by atoms with Crippen LogP contribution in [-0.2, 0) is 4.79 Å². The van der Waals surface area contributed by atoms with Gasteiger partial charge < -0.3 is 11.1 Å². The molecule has 0 aliphatic rings. The van der Waals surface area contributed by atoms with Gasteiger partial charge in [0.2, 0.25) is 5.91 Å². The van der Waals surface area contributed by atoms with Crippen molar-refractivity contribution in [3.8, 4) is 0 Å². The summed E-state index contributed by atoms with van der Waals surface area (Å²) < 4.78 is 13.4. The first-order valence-electron chi connectivity index (χ1n) is 5.54. The third-order valence-corrected chi connectivity index (χ3v) is 3.02. The van der Waals surface area contributed by atoms with Crippen molar-refractivity contribution < 1.29 is 9.18 Å². The van der Waals surface area contributed by atoms with Gasteiger partial charge in [0.1, 0.15) is 11.9 Å². The zero-order valence-corrected chi connectivity index (χ0v) is 11.6. The Morgan fingerprint density at radius 3 is 2.95 bits per heavy atom. The summed E-state index contributed by atoms with van der Waals surface area (Å²) in [5, 5.41) is 6.32. The number of nitrogens with one attached hydrogen (secondary N) is 1. The molecule has 0 aliphatic carbocycles. The minimum atomic E-state index is -0.706. The number of rotatable bonds is 7. The summed E-state index contributed by atoms with van der Waals surface area (Å²) in [7, 11) is 0. The highest BCUT2D eigenvalue weighted by molar-refractivity contribution is 9.10. The number of amides is 1. The molecule has 0 heterocycles. The maximum atomic E-state index is 13.1. The van der Waals surface area contributed by atoms with E-state index in [0.717, 1.165) is 0 Å². The highest BCUT2D eigenvalue weighted by atomic mass is 79.9. The van der Waals surface area contributed by atoms with Crippen LogP contribution in [0.3, 0.4) is 0 Å². The van der Waals surface area contributed by atoms with Crippen LogP contribution in [0.4, 0.5) is 4.39 Å². The predicted octanol–water partition coefficient (Wildman–Crippen LogP) is 2.40. The summed E-state index contributed by atoms with van der Waals surface area (Å²) in [6.07, 6.45) is 0.580. The van der Waals surface area contributed by atoms with E-state index in [0.29, 0.717) is 25.1 Å². The lowest BCUT2D eigenvalue weighted by Gasteiger charge is -2.16. The van der Waals surface area contributed by atoms with E-state index in [4.69, 9.17) is 11.3 Å². The summed E-state index contributed by atoms with van der Waals surface area (Å²) in [5.41, 5.74) is 14.0. The van der Waals surface area contributed by atoms with Gasteiger partial charge in [-0.05, 0) is 52.1 Å². The molecule has 0 saturated heterocycles. The summed E-state index contributed by atoms with van der Waals surface area (Å²) >= 11 is 3.06. The molecule has 1 aromatic carbocycles. The molecule has 0 saturated carbocycles. The number of halogens is 2.